The van der Waals surface area contributed by atoms with Gasteiger partial charge in [0.2, 0.25) is 0 Å². The molecule has 0 saturated heterocycles. The Morgan fingerprint density at radius 2 is 0.950 bits per heavy atom. The summed E-state index contributed by atoms with van der Waals surface area (Å²) >= 11 is 0. The summed E-state index contributed by atoms with van der Waals surface area (Å²) in [4.78, 5) is 0. The van der Waals surface area contributed by atoms with Crippen LogP contribution in [0.15, 0.2) is 0 Å². The Labute approximate surface area is 125 Å². The first-order valence-electron chi connectivity index (χ1n) is 9.93. The highest BCUT2D eigenvalue weighted by Crippen LogP contribution is 2.66. The van der Waals surface area contributed by atoms with Crippen molar-refractivity contribution in [3.63, 3.8) is 0 Å². The van der Waals surface area contributed by atoms with E-state index in [-0.39, 0.29) is 0 Å². The van der Waals surface area contributed by atoms with Gasteiger partial charge >= 0.3 is 0 Å². The Bertz CT molecular complexity index is 370. The normalized spacial score (nSPS) is 57.6. The van der Waals surface area contributed by atoms with Gasteiger partial charge in [-0.1, -0.05) is 38.5 Å². The van der Waals surface area contributed by atoms with Gasteiger partial charge in [-0.25, -0.2) is 0 Å². The summed E-state index contributed by atoms with van der Waals surface area (Å²) in [6.45, 7) is 0. The summed E-state index contributed by atoms with van der Waals surface area (Å²) in [6, 6.07) is 0. The Kier molecular flexibility index (Phi) is 2.98. The van der Waals surface area contributed by atoms with Crippen molar-refractivity contribution in [1.82, 2.24) is 0 Å². The van der Waals surface area contributed by atoms with E-state index in [2.05, 4.69) is 0 Å². The van der Waals surface area contributed by atoms with Crippen LogP contribution in [-0.2, 0) is 0 Å². The van der Waals surface area contributed by atoms with Gasteiger partial charge in [-0.15, -0.1) is 0 Å². The quantitative estimate of drug-likeness (QED) is 0.533. The zero-order valence-electron chi connectivity index (χ0n) is 13.1. The molecule has 0 heteroatoms. The van der Waals surface area contributed by atoms with Gasteiger partial charge in [0.25, 0.3) is 0 Å². The third-order valence-corrected chi connectivity index (χ3v) is 8.63. The summed E-state index contributed by atoms with van der Waals surface area (Å²) < 4.78 is 0. The van der Waals surface area contributed by atoms with Crippen LogP contribution < -0.4 is 0 Å². The molecular weight excluding hydrogens is 240 g/mol. The van der Waals surface area contributed by atoms with Crippen LogP contribution in [0.2, 0.25) is 0 Å². The van der Waals surface area contributed by atoms with Crippen molar-refractivity contribution in [2.24, 2.45) is 47.3 Å². The van der Waals surface area contributed by atoms with E-state index in [0.29, 0.717) is 0 Å². The highest BCUT2D eigenvalue weighted by Gasteiger charge is 2.58. The monoisotopic (exact) mass is 272 g/mol. The molecule has 5 aliphatic rings. The molecule has 0 N–H and O–H groups in total. The van der Waals surface area contributed by atoms with Crippen LogP contribution in [0.4, 0.5) is 0 Å². The highest BCUT2D eigenvalue weighted by molar-refractivity contribution is 5.07. The van der Waals surface area contributed by atoms with Gasteiger partial charge in [0.15, 0.2) is 0 Å². The van der Waals surface area contributed by atoms with Gasteiger partial charge in [0.1, 0.15) is 0 Å². The van der Waals surface area contributed by atoms with Gasteiger partial charge in [0, 0.05) is 0 Å². The third kappa shape index (κ3) is 1.66. The summed E-state index contributed by atoms with van der Waals surface area (Å²) in [5, 5.41) is 0. The molecule has 0 aromatic rings. The Morgan fingerprint density at radius 1 is 0.400 bits per heavy atom. The molecule has 0 bridgehead atoms. The first kappa shape index (κ1) is 12.5. The highest BCUT2D eigenvalue weighted by atomic mass is 14.6. The van der Waals surface area contributed by atoms with E-state index in [9.17, 15) is 0 Å². The second-order valence-corrected chi connectivity index (χ2v) is 9.06. The second-order valence-electron chi connectivity index (χ2n) is 9.06. The van der Waals surface area contributed by atoms with Crippen LogP contribution in [0.25, 0.3) is 0 Å². The SMILES string of the molecule is C1CCC2C(C1)CC1C3CCCCC3C3CCCC2C31. The number of hydrogen-bond donors (Lipinski definition) is 0. The number of fused-ring (bicyclic) bond motifs is 5. The Balaban J connectivity index is 1.50. The fourth-order valence-corrected chi connectivity index (χ4v) is 8.24. The second kappa shape index (κ2) is 4.75. The first-order chi connectivity index (χ1) is 9.93. The van der Waals surface area contributed by atoms with E-state index in [1.807, 2.05) is 0 Å². The van der Waals surface area contributed by atoms with Crippen LogP contribution in [0.5, 0.6) is 0 Å². The van der Waals surface area contributed by atoms with Crippen molar-refractivity contribution in [2.45, 2.75) is 77.0 Å². The van der Waals surface area contributed by atoms with E-state index >= 15 is 0 Å². The average Bonchev–Trinajstić information content (AvgIpc) is 2.84. The molecule has 5 aliphatic carbocycles. The lowest BCUT2D eigenvalue weighted by atomic mass is 9.53. The van der Waals surface area contributed by atoms with Crippen LogP contribution in [0.1, 0.15) is 77.0 Å². The molecule has 20 heavy (non-hydrogen) atoms. The standard InChI is InChI=1S/C20H32/c1-2-7-14-13(6-1)12-19-16-9-4-3-8-15(16)18-11-5-10-17(14)20(18)19/h13-20H,1-12H2. The average molecular weight is 272 g/mol. The topological polar surface area (TPSA) is 0 Å². The molecular formula is C20H32. The van der Waals surface area contributed by atoms with Crippen molar-refractivity contribution >= 4 is 0 Å². The zero-order valence-corrected chi connectivity index (χ0v) is 13.1. The van der Waals surface area contributed by atoms with Crippen molar-refractivity contribution in [3.05, 3.63) is 0 Å². The Morgan fingerprint density at radius 3 is 1.75 bits per heavy atom. The summed E-state index contributed by atoms with van der Waals surface area (Å²) in [5.74, 6) is 9.47. The molecule has 0 spiro atoms. The molecule has 0 heterocycles. The van der Waals surface area contributed by atoms with Gasteiger partial charge in [0.05, 0.1) is 0 Å². The fraction of sp³-hybridized carbons (Fsp3) is 1.00. The molecule has 5 rings (SSSR count). The lowest BCUT2D eigenvalue weighted by molar-refractivity contribution is -0.0248. The molecule has 0 amide bonds. The van der Waals surface area contributed by atoms with Crippen molar-refractivity contribution < 1.29 is 0 Å². The van der Waals surface area contributed by atoms with E-state index in [4.69, 9.17) is 0 Å². The molecule has 5 fully saturated rings. The summed E-state index contributed by atoms with van der Waals surface area (Å²) in [5.41, 5.74) is 0. The van der Waals surface area contributed by atoms with Crippen LogP contribution in [-0.4, -0.2) is 0 Å². The van der Waals surface area contributed by atoms with E-state index in [0.717, 1.165) is 5.92 Å². The molecule has 0 radical (unpaired) electrons. The molecule has 5 saturated carbocycles. The minimum absolute atomic E-state index is 1.16. The molecule has 0 aromatic heterocycles. The molecule has 0 nitrogen and oxygen atoms in total. The lowest BCUT2D eigenvalue weighted by Gasteiger charge is -2.52. The fourth-order valence-electron chi connectivity index (χ4n) is 8.24. The molecule has 0 aliphatic heterocycles. The maximum atomic E-state index is 1.67. The minimum atomic E-state index is 1.16. The van der Waals surface area contributed by atoms with E-state index in [1.165, 1.54) is 41.4 Å². The lowest BCUT2D eigenvalue weighted by Crippen LogP contribution is -2.44. The maximum absolute atomic E-state index is 1.67. The number of rotatable bonds is 0. The summed E-state index contributed by atoms with van der Waals surface area (Å²) in [6.07, 6.45) is 19.2. The van der Waals surface area contributed by atoms with Gasteiger partial charge in [-0.3, -0.25) is 0 Å². The molecule has 8 atom stereocenters. The van der Waals surface area contributed by atoms with E-state index < -0.39 is 0 Å². The van der Waals surface area contributed by atoms with Crippen LogP contribution in [0.3, 0.4) is 0 Å². The number of hydrogen-bond acceptors (Lipinski definition) is 0. The third-order valence-electron chi connectivity index (χ3n) is 8.63. The van der Waals surface area contributed by atoms with Gasteiger partial charge in [-0.2, -0.15) is 0 Å². The van der Waals surface area contributed by atoms with Crippen molar-refractivity contribution in [1.29, 1.82) is 0 Å². The largest absolute Gasteiger partial charge is 0.0530 e. The zero-order chi connectivity index (χ0) is 13.1. The molecule has 0 aromatic carbocycles. The van der Waals surface area contributed by atoms with Gasteiger partial charge < -0.3 is 0 Å². The smallest absolute Gasteiger partial charge is 0.0321 e. The van der Waals surface area contributed by atoms with Crippen LogP contribution in [0, 0.1) is 47.3 Å². The predicted molar refractivity (Wildman–Crippen MR) is 83.3 cm³/mol. The predicted octanol–water partition coefficient (Wildman–Crippen LogP) is 5.67. The molecule has 8 unspecified atom stereocenters. The molecule has 112 valence electrons. The minimum Gasteiger partial charge on any atom is -0.0530 e. The van der Waals surface area contributed by atoms with E-state index in [1.54, 1.807) is 77.0 Å². The van der Waals surface area contributed by atoms with Crippen LogP contribution >= 0.6 is 0 Å². The first-order valence-corrected chi connectivity index (χ1v) is 9.93. The summed E-state index contributed by atoms with van der Waals surface area (Å²) in [7, 11) is 0. The van der Waals surface area contributed by atoms with Crippen molar-refractivity contribution in [2.75, 3.05) is 0 Å². The Hall–Kier alpha value is 0. The van der Waals surface area contributed by atoms with Gasteiger partial charge in [-0.05, 0) is 85.9 Å². The van der Waals surface area contributed by atoms with Crippen molar-refractivity contribution in [3.8, 4) is 0 Å². The maximum Gasteiger partial charge on any atom is -0.0321 e.